The Morgan fingerprint density at radius 2 is 1.96 bits per heavy atom. The number of aromatic nitrogens is 2. The van der Waals surface area contributed by atoms with Crippen molar-refractivity contribution in [2.45, 2.75) is 45.2 Å². The van der Waals surface area contributed by atoms with Gasteiger partial charge < -0.3 is 10.4 Å². The normalized spacial score (nSPS) is 21.3. The number of aliphatic carboxylic acids is 1. The van der Waals surface area contributed by atoms with Gasteiger partial charge in [0.15, 0.2) is 0 Å². The predicted octanol–water partition coefficient (Wildman–Crippen LogP) is 3.12. The molecule has 0 aliphatic heterocycles. The van der Waals surface area contributed by atoms with Crippen LogP contribution in [-0.2, 0) is 11.3 Å². The molecule has 0 bridgehead atoms. The average molecular weight is 313 g/mol. The lowest BCUT2D eigenvalue weighted by atomic mass is 9.86. The van der Waals surface area contributed by atoms with Crippen molar-refractivity contribution in [1.29, 1.82) is 0 Å². The molecule has 0 unspecified atom stereocenters. The van der Waals surface area contributed by atoms with Gasteiger partial charge in [-0.1, -0.05) is 29.8 Å². The fraction of sp³-hybridized carbons (Fsp3) is 0.444. The Morgan fingerprint density at radius 3 is 2.61 bits per heavy atom. The predicted molar refractivity (Wildman–Crippen MR) is 89.0 cm³/mol. The summed E-state index contributed by atoms with van der Waals surface area (Å²) in [6, 6.07) is 8.79. The van der Waals surface area contributed by atoms with E-state index < -0.39 is 5.97 Å². The van der Waals surface area contributed by atoms with Crippen molar-refractivity contribution in [3.05, 3.63) is 41.6 Å². The van der Waals surface area contributed by atoms with Gasteiger partial charge in [-0.15, -0.1) is 0 Å². The quantitative estimate of drug-likeness (QED) is 0.792. The third-order valence-electron chi connectivity index (χ3n) is 4.72. The van der Waals surface area contributed by atoms with E-state index >= 15 is 0 Å². The molecule has 1 aliphatic carbocycles. The lowest BCUT2D eigenvalue weighted by Crippen LogP contribution is -2.34. The van der Waals surface area contributed by atoms with E-state index in [4.69, 9.17) is 5.11 Å². The Morgan fingerprint density at radius 1 is 1.26 bits per heavy atom. The van der Waals surface area contributed by atoms with Gasteiger partial charge in [-0.2, -0.15) is 5.10 Å². The van der Waals surface area contributed by atoms with Crippen molar-refractivity contribution in [2.24, 2.45) is 5.92 Å². The number of hydrogen-bond donors (Lipinski definition) is 3. The van der Waals surface area contributed by atoms with E-state index in [9.17, 15) is 4.79 Å². The molecule has 1 aromatic carbocycles. The molecule has 5 heteroatoms. The molecule has 1 saturated carbocycles. The number of H-pyrrole nitrogens is 1. The van der Waals surface area contributed by atoms with E-state index in [-0.39, 0.29) is 5.92 Å². The number of carbonyl (C=O) groups is 1. The molecule has 1 fully saturated rings. The maximum atomic E-state index is 11.0. The van der Waals surface area contributed by atoms with Crippen LogP contribution in [0, 0.1) is 12.8 Å². The minimum Gasteiger partial charge on any atom is -0.481 e. The molecular weight excluding hydrogens is 290 g/mol. The van der Waals surface area contributed by atoms with Crippen LogP contribution in [0.4, 0.5) is 0 Å². The van der Waals surface area contributed by atoms with Crippen LogP contribution < -0.4 is 5.32 Å². The number of nitrogens with zero attached hydrogens (tertiary/aromatic N) is 1. The molecule has 0 amide bonds. The molecule has 2 aromatic rings. The second-order valence-corrected chi connectivity index (χ2v) is 6.40. The SMILES string of the molecule is Cc1ccc(-c2[nH]ncc2CNC2CCC(C(=O)O)CC2)cc1. The van der Waals surface area contributed by atoms with E-state index in [2.05, 4.69) is 46.7 Å². The fourth-order valence-electron chi connectivity index (χ4n) is 3.21. The van der Waals surface area contributed by atoms with Gasteiger partial charge in [0.25, 0.3) is 0 Å². The summed E-state index contributed by atoms with van der Waals surface area (Å²) >= 11 is 0. The van der Waals surface area contributed by atoms with Gasteiger partial charge in [-0.05, 0) is 38.2 Å². The lowest BCUT2D eigenvalue weighted by molar-refractivity contribution is -0.142. The Hall–Kier alpha value is -2.14. The van der Waals surface area contributed by atoms with Gasteiger partial charge in [0.1, 0.15) is 0 Å². The van der Waals surface area contributed by atoms with Crippen molar-refractivity contribution >= 4 is 5.97 Å². The van der Waals surface area contributed by atoms with Crippen LogP contribution in [0.15, 0.2) is 30.5 Å². The second-order valence-electron chi connectivity index (χ2n) is 6.40. The number of hydrogen-bond acceptors (Lipinski definition) is 3. The lowest BCUT2D eigenvalue weighted by Gasteiger charge is -2.26. The van der Waals surface area contributed by atoms with Gasteiger partial charge in [0.2, 0.25) is 0 Å². The molecule has 0 saturated heterocycles. The van der Waals surface area contributed by atoms with E-state index in [1.165, 1.54) is 5.56 Å². The average Bonchev–Trinajstić information content (AvgIpc) is 3.02. The zero-order chi connectivity index (χ0) is 16.2. The molecule has 1 aromatic heterocycles. The first kappa shape index (κ1) is 15.7. The van der Waals surface area contributed by atoms with Crippen LogP contribution in [0.25, 0.3) is 11.3 Å². The first-order valence-corrected chi connectivity index (χ1v) is 8.19. The van der Waals surface area contributed by atoms with Crippen molar-refractivity contribution in [2.75, 3.05) is 0 Å². The summed E-state index contributed by atoms with van der Waals surface area (Å²) in [5, 5.41) is 19.9. The third-order valence-corrected chi connectivity index (χ3v) is 4.72. The monoisotopic (exact) mass is 313 g/mol. The van der Waals surface area contributed by atoms with Crippen molar-refractivity contribution in [3.63, 3.8) is 0 Å². The van der Waals surface area contributed by atoms with E-state index in [0.29, 0.717) is 6.04 Å². The third kappa shape index (κ3) is 3.79. The second kappa shape index (κ2) is 6.96. The molecule has 3 N–H and O–H groups in total. The number of aromatic amines is 1. The maximum Gasteiger partial charge on any atom is 0.306 e. The number of rotatable bonds is 5. The van der Waals surface area contributed by atoms with Crippen LogP contribution in [0.5, 0.6) is 0 Å². The smallest absolute Gasteiger partial charge is 0.306 e. The van der Waals surface area contributed by atoms with Gasteiger partial charge in [0.05, 0.1) is 17.8 Å². The highest BCUT2D eigenvalue weighted by molar-refractivity contribution is 5.70. The zero-order valence-corrected chi connectivity index (χ0v) is 13.4. The van der Waals surface area contributed by atoms with Crippen LogP contribution in [0.3, 0.4) is 0 Å². The zero-order valence-electron chi connectivity index (χ0n) is 13.4. The van der Waals surface area contributed by atoms with Crippen LogP contribution in [-0.4, -0.2) is 27.3 Å². The van der Waals surface area contributed by atoms with Crippen LogP contribution in [0.1, 0.15) is 36.8 Å². The standard InChI is InChI=1S/C18H23N3O2/c1-12-2-4-13(5-3-12)17-15(11-20-21-17)10-19-16-8-6-14(7-9-16)18(22)23/h2-5,11,14,16,19H,6-10H2,1H3,(H,20,21)(H,22,23). The summed E-state index contributed by atoms with van der Waals surface area (Å²) in [7, 11) is 0. The number of nitrogens with one attached hydrogen (secondary N) is 2. The number of aryl methyl sites for hydroxylation is 1. The maximum absolute atomic E-state index is 11.0. The summed E-state index contributed by atoms with van der Waals surface area (Å²) in [4.78, 5) is 11.0. The topological polar surface area (TPSA) is 78.0 Å². The summed E-state index contributed by atoms with van der Waals surface area (Å²) in [5.74, 6) is -0.815. The van der Waals surface area contributed by atoms with Gasteiger partial charge >= 0.3 is 5.97 Å². The summed E-state index contributed by atoms with van der Waals surface area (Å²) < 4.78 is 0. The summed E-state index contributed by atoms with van der Waals surface area (Å²) in [6.45, 7) is 2.83. The van der Waals surface area contributed by atoms with Gasteiger partial charge in [-0.25, -0.2) is 0 Å². The molecule has 5 nitrogen and oxygen atoms in total. The Labute approximate surface area is 136 Å². The molecule has 1 aliphatic rings. The van der Waals surface area contributed by atoms with Crippen molar-refractivity contribution in [3.8, 4) is 11.3 Å². The summed E-state index contributed by atoms with van der Waals surface area (Å²) in [5.41, 5.74) is 4.58. The van der Waals surface area contributed by atoms with Gasteiger partial charge in [-0.3, -0.25) is 9.89 Å². The van der Waals surface area contributed by atoms with Crippen molar-refractivity contribution < 1.29 is 9.90 Å². The molecule has 0 atom stereocenters. The molecule has 1 heterocycles. The minimum absolute atomic E-state index is 0.162. The van der Waals surface area contributed by atoms with E-state index in [1.807, 2.05) is 6.20 Å². The molecule has 23 heavy (non-hydrogen) atoms. The number of carboxylic acids is 1. The first-order chi connectivity index (χ1) is 11.1. The van der Waals surface area contributed by atoms with Crippen molar-refractivity contribution in [1.82, 2.24) is 15.5 Å². The number of benzene rings is 1. The summed E-state index contributed by atoms with van der Waals surface area (Å²) in [6.07, 6.45) is 5.25. The molecule has 3 rings (SSSR count). The first-order valence-electron chi connectivity index (χ1n) is 8.19. The minimum atomic E-state index is -0.653. The van der Waals surface area contributed by atoms with Gasteiger partial charge in [0, 0.05) is 18.2 Å². The van der Waals surface area contributed by atoms with Crippen LogP contribution >= 0.6 is 0 Å². The van der Waals surface area contributed by atoms with E-state index in [1.54, 1.807) is 0 Å². The number of carboxylic acid groups (broad SMARTS) is 1. The molecule has 0 radical (unpaired) electrons. The van der Waals surface area contributed by atoms with Crippen LogP contribution in [0.2, 0.25) is 0 Å². The molecular formula is C18H23N3O2. The highest BCUT2D eigenvalue weighted by atomic mass is 16.4. The Bertz CT molecular complexity index is 655. The highest BCUT2D eigenvalue weighted by Gasteiger charge is 2.25. The molecule has 0 spiro atoms. The fourth-order valence-corrected chi connectivity index (χ4v) is 3.21. The Balaban J connectivity index is 1.59. The highest BCUT2D eigenvalue weighted by Crippen LogP contribution is 2.26. The van der Waals surface area contributed by atoms with E-state index in [0.717, 1.165) is 49.0 Å². The largest absolute Gasteiger partial charge is 0.481 e. The molecule has 122 valence electrons. The Kier molecular flexibility index (Phi) is 4.76.